The van der Waals surface area contributed by atoms with Crippen LogP contribution in [0.5, 0.6) is 5.75 Å². The van der Waals surface area contributed by atoms with Crippen molar-refractivity contribution in [3.8, 4) is 5.75 Å². The maximum absolute atomic E-state index is 12.7. The Bertz CT molecular complexity index is 1130. The van der Waals surface area contributed by atoms with Crippen LogP contribution in [0.4, 0.5) is 11.5 Å². The van der Waals surface area contributed by atoms with E-state index in [2.05, 4.69) is 26.1 Å². The lowest BCUT2D eigenvalue weighted by atomic mass is 9.92. The molecule has 0 radical (unpaired) electrons. The first-order chi connectivity index (χ1) is 15.8. The molecular formula is C26H30N4O3. The summed E-state index contributed by atoms with van der Waals surface area (Å²) in [5, 5.41) is 7.68. The highest BCUT2D eigenvalue weighted by molar-refractivity contribution is 5.95. The maximum Gasteiger partial charge on any atom is 0.263 e. The van der Waals surface area contributed by atoms with E-state index in [-0.39, 0.29) is 23.8 Å². The van der Waals surface area contributed by atoms with Crippen molar-refractivity contribution in [1.29, 1.82) is 0 Å². The highest BCUT2D eigenvalue weighted by atomic mass is 16.5. The highest BCUT2D eigenvalue weighted by Gasteiger charge is 2.23. The van der Waals surface area contributed by atoms with Crippen molar-refractivity contribution in [3.05, 3.63) is 71.9 Å². The van der Waals surface area contributed by atoms with Crippen LogP contribution in [0.2, 0.25) is 0 Å². The zero-order valence-electron chi connectivity index (χ0n) is 19.4. The first-order valence-electron chi connectivity index (χ1n) is 11.2. The predicted octanol–water partition coefficient (Wildman–Crippen LogP) is 4.37. The van der Waals surface area contributed by atoms with Gasteiger partial charge in [0.05, 0.1) is 12.2 Å². The van der Waals surface area contributed by atoms with Crippen LogP contribution in [0, 0.1) is 0 Å². The molecule has 7 heteroatoms. The van der Waals surface area contributed by atoms with Gasteiger partial charge in [0.1, 0.15) is 11.6 Å². The maximum atomic E-state index is 12.7. The number of hydrogen-bond donors (Lipinski definition) is 1. The Hall–Kier alpha value is -3.61. The monoisotopic (exact) mass is 446 g/mol. The molecule has 0 bridgehead atoms. The fraction of sp³-hybridized carbons (Fsp3) is 0.346. The normalized spacial score (nSPS) is 13.9. The average molecular weight is 447 g/mol. The number of aromatic nitrogens is 2. The minimum absolute atomic E-state index is 0.117. The minimum Gasteiger partial charge on any atom is -0.484 e. The SMILES string of the molecule is CC(C)(C)c1cc(NC(=O)COc2cccc(N3CCCC3=O)c2)n(Cc2ccccc2)n1. The van der Waals surface area contributed by atoms with E-state index in [0.717, 1.165) is 23.4 Å². The van der Waals surface area contributed by atoms with E-state index in [1.165, 1.54) is 0 Å². The summed E-state index contributed by atoms with van der Waals surface area (Å²) in [5.41, 5.74) is 2.65. The molecule has 1 aromatic heterocycles. The van der Waals surface area contributed by atoms with Crippen molar-refractivity contribution in [2.45, 2.75) is 45.6 Å². The fourth-order valence-electron chi connectivity index (χ4n) is 3.75. The summed E-state index contributed by atoms with van der Waals surface area (Å²) in [5.74, 6) is 1.03. The van der Waals surface area contributed by atoms with Crippen molar-refractivity contribution in [1.82, 2.24) is 9.78 Å². The zero-order valence-corrected chi connectivity index (χ0v) is 19.4. The Morgan fingerprint density at radius 2 is 1.88 bits per heavy atom. The Balaban J connectivity index is 1.44. The Kier molecular flexibility index (Phi) is 6.49. The van der Waals surface area contributed by atoms with Crippen molar-refractivity contribution in [3.63, 3.8) is 0 Å². The number of nitrogens with one attached hydrogen (secondary N) is 1. The van der Waals surface area contributed by atoms with Gasteiger partial charge >= 0.3 is 0 Å². The van der Waals surface area contributed by atoms with Crippen LogP contribution >= 0.6 is 0 Å². The van der Waals surface area contributed by atoms with E-state index >= 15 is 0 Å². The van der Waals surface area contributed by atoms with Crippen LogP contribution in [0.25, 0.3) is 0 Å². The number of carbonyl (C=O) groups is 2. The summed E-state index contributed by atoms with van der Waals surface area (Å²) < 4.78 is 7.54. The molecule has 7 nitrogen and oxygen atoms in total. The number of anilines is 2. The average Bonchev–Trinajstić information content (AvgIpc) is 3.39. The molecule has 33 heavy (non-hydrogen) atoms. The molecule has 0 spiro atoms. The molecule has 2 aromatic carbocycles. The number of rotatable bonds is 7. The molecule has 2 amide bonds. The lowest BCUT2D eigenvalue weighted by Gasteiger charge is -2.16. The number of nitrogens with zero attached hydrogens (tertiary/aromatic N) is 3. The van der Waals surface area contributed by atoms with E-state index in [0.29, 0.717) is 31.1 Å². The summed E-state index contributed by atoms with van der Waals surface area (Å²) in [6.45, 7) is 7.40. The zero-order chi connectivity index (χ0) is 23.4. The number of amides is 2. The molecule has 0 unspecified atom stereocenters. The first kappa shape index (κ1) is 22.6. The first-order valence-corrected chi connectivity index (χ1v) is 11.2. The van der Waals surface area contributed by atoms with Gasteiger partial charge in [-0.2, -0.15) is 5.10 Å². The molecule has 3 aromatic rings. The van der Waals surface area contributed by atoms with E-state index in [1.54, 1.807) is 17.0 Å². The molecule has 2 heterocycles. The lowest BCUT2D eigenvalue weighted by Crippen LogP contribution is -2.24. The fourth-order valence-corrected chi connectivity index (χ4v) is 3.75. The molecule has 0 aliphatic carbocycles. The molecule has 0 saturated carbocycles. The molecular weight excluding hydrogens is 416 g/mol. The van der Waals surface area contributed by atoms with Gasteiger partial charge in [-0.3, -0.25) is 9.59 Å². The van der Waals surface area contributed by atoms with E-state index in [9.17, 15) is 9.59 Å². The van der Waals surface area contributed by atoms with Gasteiger partial charge in [0.2, 0.25) is 5.91 Å². The second-order valence-corrected chi connectivity index (χ2v) is 9.29. The molecule has 1 aliphatic rings. The quantitative estimate of drug-likeness (QED) is 0.585. The number of ether oxygens (including phenoxy) is 1. The summed E-state index contributed by atoms with van der Waals surface area (Å²) in [6.07, 6.45) is 1.43. The summed E-state index contributed by atoms with van der Waals surface area (Å²) >= 11 is 0. The van der Waals surface area contributed by atoms with Crippen LogP contribution in [0.1, 0.15) is 44.9 Å². The van der Waals surface area contributed by atoms with Crippen LogP contribution < -0.4 is 15.0 Å². The highest BCUT2D eigenvalue weighted by Crippen LogP contribution is 2.26. The summed E-state index contributed by atoms with van der Waals surface area (Å²) in [7, 11) is 0. The topological polar surface area (TPSA) is 76.5 Å². The lowest BCUT2D eigenvalue weighted by molar-refractivity contribution is -0.118. The largest absolute Gasteiger partial charge is 0.484 e. The molecule has 4 rings (SSSR count). The van der Waals surface area contributed by atoms with Gasteiger partial charge in [-0.05, 0) is 24.1 Å². The standard InChI is InChI=1S/C26H30N4O3/c1-26(2,3)22-16-23(30(28-22)17-19-9-5-4-6-10-19)27-24(31)18-33-21-12-7-11-20(15-21)29-14-8-13-25(29)32/h4-7,9-12,15-16H,8,13-14,17-18H2,1-3H3,(H,27,31). The van der Waals surface area contributed by atoms with Crippen molar-refractivity contribution in [2.24, 2.45) is 0 Å². The third kappa shape index (κ3) is 5.61. The summed E-state index contributed by atoms with van der Waals surface area (Å²) in [6, 6.07) is 19.2. The second kappa shape index (κ2) is 9.48. The van der Waals surface area contributed by atoms with Crippen molar-refractivity contribution in [2.75, 3.05) is 23.4 Å². The molecule has 1 fully saturated rings. The van der Waals surface area contributed by atoms with E-state index in [1.807, 2.05) is 53.2 Å². The molecule has 0 atom stereocenters. The Labute approximate surface area is 194 Å². The smallest absolute Gasteiger partial charge is 0.263 e. The van der Waals surface area contributed by atoms with E-state index in [4.69, 9.17) is 9.84 Å². The van der Waals surface area contributed by atoms with Crippen LogP contribution in [0.15, 0.2) is 60.7 Å². The van der Waals surface area contributed by atoms with Gasteiger partial charge in [0.15, 0.2) is 6.61 Å². The van der Waals surface area contributed by atoms with Gasteiger partial charge < -0.3 is 15.0 Å². The molecule has 1 N–H and O–H groups in total. The number of carbonyl (C=O) groups excluding carboxylic acids is 2. The van der Waals surface area contributed by atoms with Gasteiger partial charge in [-0.25, -0.2) is 4.68 Å². The van der Waals surface area contributed by atoms with Gasteiger partial charge in [0.25, 0.3) is 5.91 Å². The molecule has 172 valence electrons. The molecule has 1 saturated heterocycles. The third-order valence-corrected chi connectivity index (χ3v) is 5.56. The predicted molar refractivity (Wildman–Crippen MR) is 129 cm³/mol. The second-order valence-electron chi connectivity index (χ2n) is 9.29. The number of benzene rings is 2. The summed E-state index contributed by atoms with van der Waals surface area (Å²) in [4.78, 5) is 26.5. The van der Waals surface area contributed by atoms with E-state index < -0.39 is 0 Å². The van der Waals surface area contributed by atoms with Crippen molar-refractivity contribution >= 4 is 23.3 Å². The van der Waals surface area contributed by atoms with Gasteiger partial charge in [-0.15, -0.1) is 0 Å². The van der Waals surface area contributed by atoms with Gasteiger partial charge in [-0.1, -0.05) is 57.2 Å². The van der Waals surface area contributed by atoms with Gasteiger partial charge in [0, 0.05) is 36.2 Å². The number of hydrogen-bond acceptors (Lipinski definition) is 4. The van der Waals surface area contributed by atoms with Crippen LogP contribution in [0.3, 0.4) is 0 Å². The Morgan fingerprint density at radius 1 is 1.09 bits per heavy atom. The van der Waals surface area contributed by atoms with Crippen LogP contribution in [-0.4, -0.2) is 34.7 Å². The minimum atomic E-state index is -0.271. The third-order valence-electron chi connectivity index (χ3n) is 5.56. The molecule has 1 aliphatic heterocycles. The van der Waals surface area contributed by atoms with Crippen molar-refractivity contribution < 1.29 is 14.3 Å². The Morgan fingerprint density at radius 3 is 2.58 bits per heavy atom. The van der Waals surface area contributed by atoms with Crippen LogP contribution in [-0.2, 0) is 21.5 Å².